The minimum absolute atomic E-state index is 0.118. The summed E-state index contributed by atoms with van der Waals surface area (Å²) in [6.07, 6.45) is 4.00. The molecule has 1 N–H and O–H groups in total. The number of pyridine rings is 2. The number of aryl methyl sites for hydroxylation is 3. The zero-order valence-electron chi connectivity index (χ0n) is 14.5. The molecule has 3 aromatic rings. The Bertz CT molecular complexity index is 991. The van der Waals surface area contributed by atoms with Gasteiger partial charge in [0.2, 0.25) is 5.91 Å². The lowest BCUT2D eigenvalue weighted by atomic mass is 10.1. The average molecular weight is 336 g/mol. The minimum atomic E-state index is -0.176. The molecule has 0 saturated carbocycles. The third kappa shape index (κ3) is 3.74. The van der Waals surface area contributed by atoms with E-state index in [9.17, 15) is 9.59 Å². The highest BCUT2D eigenvalue weighted by Crippen LogP contribution is 2.09. The van der Waals surface area contributed by atoms with Gasteiger partial charge < -0.3 is 5.32 Å². The van der Waals surface area contributed by atoms with Crippen molar-refractivity contribution in [2.75, 3.05) is 5.32 Å². The van der Waals surface area contributed by atoms with Crippen LogP contribution < -0.4 is 10.9 Å². The molecular formula is C19H20N4O2. The maximum atomic E-state index is 12.7. The monoisotopic (exact) mass is 336 g/mol. The second-order valence-electron chi connectivity index (χ2n) is 6.18. The summed E-state index contributed by atoms with van der Waals surface area (Å²) in [5.41, 5.74) is 3.73. The number of nitrogens with one attached hydrogen (secondary N) is 1. The predicted octanol–water partition coefficient (Wildman–Crippen LogP) is 2.59. The van der Waals surface area contributed by atoms with Crippen LogP contribution in [0.25, 0.3) is 5.65 Å². The zero-order chi connectivity index (χ0) is 18.0. The normalized spacial score (nSPS) is 10.8. The molecule has 6 nitrogen and oxygen atoms in total. The Morgan fingerprint density at radius 3 is 2.60 bits per heavy atom. The second-order valence-corrected chi connectivity index (χ2v) is 6.18. The van der Waals surface area contributed by atoms with E-state index in [4.69, 9.17) is 0 Å². The number of fused-ring (bicyclic) bond motifs is 1. The number of amides is 1. The summed E-state index contributed by atoms with van der Waals surface area (Å²) in [7, 11) is 0. The third-order valence-corrected chi connectivity index (χ3v) is 4.05. The van der Waals surface area contributed by atoms with Crippen LogP contribution in [0, 0.1) is 20.8 Å². The van der Waals surface area contributed by atoms with Crippen LogP contribution in [0.2, 0.25) is 0 Å². The summed E-state index contributed by atoms with van der Waals surface area (Å²) in [5.74, 6) is 0.334. The summed E-state index contributed by atoms with van der Waals surface area (Å²) in [6.45, 7) is 5.66. The van der Waals surface area contributed by atoms with Crippen molar-refractivity contribution < 1.29 is 4.79 Å². The van der Waals surface area contributed by atoms with Crippen LogP contribution in [0.3, 0.4) is 0 Å². The number of hydrogen-bond acceptors (Lipinski definition) is 4. The fourth-order valence-electron chi connectivity index (χ4n) is 2.67. The van der Waals surface area contributed by atoms with Crippen molar-refractivity contribution >= 4 is 17.4 Å². The number of nitrogens with zero attached hydrogens (tertiary/aromatic N) is 3. The number of anilines is 1. The smallest absolute Gasteiger partial charge is 0.261 e. The van der Waals surface area contributed by atoms with Crippen molar-refractivity contribution in [1.82, 2.24) is 14.4 Å². The highest BCUT2D eigenvalue weighted by molar-refractivity contribution is 5.89. The Morgan fingerprint density at radius 1 is 1.12 bits per heavy atom. The summed E-state index contributed by atoms with van der Waals surface area (Å²) in [5, 5.41) is 2.75. The summed E-state index contributed by atoms with van der Waals surface area (Å²) >= 11 is 0. The minimum Gasteiger partial charge on any atom is -0.311 e. The van der Waals surface area contributed by atoms with Crippen LogP contribution in [0.15, 0.2) is 41.5 Å². The molecule has 0 fully saturated rings. The number of carbonyl (C=O) groups excluding carboxylic acids is 1. The van der Waals surface area contributed by atoms with Crippen molar-refractivity contribution in [3.8, 4) is 0 Å². The van der Waals surface area contributed by atoms with Gasteiger partial charge in [-0.25, -0.2) is 9.97 Å². The molecule has 0 unspecified atom stereocenters. The Labute approximate surface area is 145 Å². The van der Waals surface area contributed by atoms with E-state index in [1.54, 1.807) is 25.4 Å². The van der Waals surface area contributed by atoms with E-state index in [1.165, 1.54) is 4.40 Å². The number of hydrogen-bond donors (Lipinski definition) is 1. The Kier molecular flexibility index (Phi) is 4.61. The lowest BCUT2D eigenvalue weighted by molar-refractivity contribution is -0.116. The molecular weight excluding hydrogens is 316 g/mol. The van der Waals surface area contributed by atoms with Gasteiger partial charge in [-0.05, 0) is 50.5 Å². The van der Waals surface area contributed by atoms with Crippen molar-refractivity contribution in [2.24, 2.45) is 0 Å². The molecule has 0 spiro atoms. The van der Waals surface area contributed by atoms with Gasteiger partial charge in [-0.15, -0.1) is 0 Å². The largest absolute Gasteiger partial charge is 0.311 e. The average Bonchev–Trinajstić information content (AvgIpc) is 2.57. The molecule has 0 aliphatic carbocycles. The van der Waals surface area contributed by atoms with Crippen molar-refractivity contribution in [3.63, 3.8) is 0 Å². The van der Waals surface area contributed by atoms with Gasteiger partial charge in [-0.1, -0.05) is 12.1 Å². The fraction of sp³-hybridized carbons (Fsp3) is 0.263. The quantitative estimate of drug-likeness (QED) is 0.794. The fourth-order valence-corrected chi connectivity index (χ4v) is 2.67. The maximum absolute atomic E-state index is 12.7. The molecule has 0 atom stereocenters. The molecule has 0 aromatic carbocycles. The van der Waals surface area contributed by atoms with Gasteiger partial charge >= 0.3 is 0 Å². The molecule has 0 aliphatic rings. The van der Waals surface area contributed by atoms with Gasteiger partial charge in [0, 0.05) is 30.1 Å². The second kappa shape index (κ2) is 6.84. The van der Waals surface area contributed by atoms with Crippen LogP contribution in [0.1, 0.15) is 28.8 Å². The lowest BCUT2D eigenvalue weighted by Gasteiger charge is -2.09. The van der Waals surface area contributed by atoms with Crippen LogP contribution in [-0.4, -0.2) is 20.3 Å². The topological polar surface area (TPSA) is 76.4 Å². The van der Waals surface area contributed by atoms with E-state index in [0.717, 1.165) is 11.1 Å². The molecule has 0 radical (unpaired) electrons. The van der Waals surface area contributed by atoms with E-state index in [1.807, 2.05) is 32.0 Å². The van der Waals surface area contributed by atoms with Gasteiger partial charge in [0.15, 0.2) is 0 Å². The predicted molar refractivity (Wildman–Crippen MR) is 96.9 cm³/mol. The molecule has 128 valence electrons. The lowest BCUT2D eigenvalue weighted by Crippen LogP contribution is -2.23. The van der Waals surface area contributed by atoms with E-state index in [0.29, 0.717) is 29.1 Å². The van der Waals surface area contributed by atoms with Crippen LogP contribution in [-0.2, 0) is 11.2 Å². The standard InChI is InChI=1S/C19H20N4O2/c1-12-4-7-16(20-10-12)22-18(24)9-6-15-14(3)21-17-8-5-13(2)11-23(17)19(15)25/h4-5,7-8,10-11H,6,9H2,1-3H3,(H,20,22,24). The highest BCUT2D eigenvalue weighted by Gasteiger charge is 2.12. The van der Waals surface area contributed by atoms with E-state index in [-0.39, 0.29) is 17.9 Å². The summed E-state index contributed by atoms with van der Waals surface area (Å²) < 4.78 is 1.54. The third-order valence-electron chi connectivity index (χ3n) is 4.05. The molecule has 3 heterocycles. The van der Waals surface area contributed by atoms with Crippen LogP contribution in [0.5, 0.6) is 0 Å². The van der Waals surface area contributed by atoms with Crippen LogP contribution in [0.4, 0.5) is 5.82 Å². The van der Waals surface area contributed by atoms with Crippen molar-refractivity contribution in [3.05, 3.63) is 69.4 Å². The number of carbonyl (C=O) groups is 1. The van der Waals surface area contributed by atoms with Gasteiger partial charge in [0.05, 0.1) is 0 Å². The van der Waals surface area contributed by atoms with Gasteiger partial charge in [0.25, 0.3) is 5.56 Å². The molecule has 0 aliphatic heterocycles. The van der Waals surface area contributed by atoms with Crippen molar-refractivity contribution in [1.29, 1.82) is 0 Å². The summed E-state index contributed by atoms with van der Waals surface area (Å²) in [6, 6.07) is 7.38. The van der Waals surface area contributed by atoms with Crippen molar-refractivity contribution in [2.45, 2.75) is 33.6 Å². The zero-order valence-corrected chi connectivity index (χ0v) is 14.5. The SMILES string of the molecule is Cc1ccc(NC(=O)CCc2c(C)nc3ccc(C)cn3c2=O)nc1. The first-order valence-corrected chi connectivity index (χ1v) is 8.15. The molecule has 0 bridgehead atoms. The maximum Gasteiger partial charge on any atom is 0.261 e. The molecule has 3 rings (SSSR count). The molecule has 6 heteroatoms. The molecule has 0 saturated heterocycles. The summed E-state index contributed by atoms with van der Waals surface area (Å²) in [4.78, 5) is 33.4. The van der Waals surface area contributed by atoms with E-state index < -0.39 is 0 Å². The first kappa shape index (κ1) is 16.8. The Balaban J connectivity index is 1.77. The first-order valence-electron chi connectivity index (χ1n) is 8.15. The van der Waals surface area contributed by atoms with E-state index >= 15 is 0 Å². The van der Waals surface area contributed by atoms with E-state index in [2.05, 4.69) is 15.3 Å². The van der Waals surface area contributed by atoms with Gasteiger partial charge in [0.1, 0.15) is 11.5 Å². The molecule has 3 aromatic heterocycles. The highest BCUT2D eigenvalue weighted by atomic mass is 16.1. The van der Waals surface area contributed by atoms with Crippen LogP contribution >= 0.6 is 0 Å². The molecule has 1 amide bonds. The van der Waals surface area contributed by atoms with Gasteiger partial charge in [-0.2, -0.15) is 0 Å². The first-order chi connectivity index (χ1) is 11.9. The van der Waals surface area contributed by atoms with Gasteiger partial charge in [-0.3, -0.25) is 14.0 Å². The number of aromatic nitrogens is 3. The Morgan fingerprint density at radius 2 is 1.88 bits per heavy atom. The number of rotatable bonds is 4. The molecule has 25 heavy (non-hydrogen) atoms. The Hall–Kier alpha value is -3.02.